The van der Waals surface area contributed by atoms with Crippen LogP contribution in [0.15, 0.2) is 12.1 Å². The summed E-state index contributed by atoms with van der Waals surface area (Å²) >= 11 is 5.76. The van der Waals surface area contributed by atoms with Gasteiger partial charge in [-0.2, -0.15) is 0 Å². The minimum absolute atomic E-state index is 0.00699. The minimum atomic E-state index is -0.429. The van der Waals surface area contributed by atoms with Gasteiger partial charge in [-0.3, -0.25) is 10.1 Å². The number of halogens is 1. The van der Waals surface area contributed by atoms with Crippen LogP contribution in [0.3, 0.4) is 0 Å². The van der Waals surface area contributed by atoms with Crippen LogP contribution in [0.4, 0.5) is 11.5 Å². The Morgan fingerprint density at radius 2 is 2.31 bits per heavy atom. The Morgan fingerprint density at radius 1 is 1.62 bits per heavy atom. The van der Waals surface area contributed by atoms with Gasteiger partial charge in [0.05, 0.1) is 4.92 Å². The SMILES string of the molecule is CN(CC1CC1)c1nc(Cl)ccc1[N+](=O)[O-]. The average molecular weight is 242 g/mol. The van der Waals surface area contributed by atoms with Gasteiger partial charge < -0.3 is 4.90 Å². The van der Waals surface area contributed by atoms with Gasteiger partial charge in [-0.05, 0) is 24.8 Å². The van der Waals surface area contributed by atoms with Crippen molar-refractivity contribution < 1.29 is 4.92 Å². The van der Waals surface area contributed by atoms with E-state index in [0.29, 0.717) is 11.7 Å². The van der Waals surface area contributed by atoms with E-state index in [1.54, 1.807) is 0 Å². The van der Waals surface area contributed by atoms with Crippen molar-refractivity contribution in [1.29, 1.82) is 0 Å². The molecule has 1 aromatic heterocycles. The topological polar surface area (TPSA) is 59.3 Å². The number of anilines is 1. The van der Waals surface area contributed by atoms with E-state index in [1.807, 2.05) is 11.9 Å². The van der Waals surface area contributed by atoms with Crippen LogP contribution >= 0.6 is 11.6 Å². The molecule has 0 spiro atoms. The fourth-order valence-corrected chi connectivity index (χ4v) is 1.76. The Balaban J connectivity index is 2.27. The summed E-state index contributed by atoms with van der Waals surface area (Å²) in [6.45, 7) is 0.800. The number of hydrogen-bond acceptors (Lipinski definition) is 4. The summed E-state index contributed by atoms with van der Waals surface area (Å²) in [5.74, 6) is 0.995. The maximum atomic E-state index is 10.8. The van der Waals surface area contributed by atoms with Crippen molar-refractivity contribution in [3.05, 3.63) is 27.4 Å². The molecule has 1 aliphatic carbocycles. The van der Waals surface area contributed by atoms with Crippen LogP contribution in [0.5, 0.6) is 0 Å². The molecule has 1 aliphatic rings. The molecular weight excluding hydrogens is 230 g/mol. The second-order valence-electron chi connectivity index (χ2n) is 4.06. The first-order valence-corrected chi connectivity index (χ1v) is 5.48. The largest absolute Gasteiger partial charge is 0.354 e. The third-order valence-electron chi connectivity index (χ3n) is 2.61. The highest BCUT2D eigenvalue weighted by molar-refractivity contribution is 6.29. The Morgan fingerprint density at radius 3 is 2.88 bits per heavy atom. The van der Waals surface area contributed by atoms with Crippen molar-refractivity contribution in [2.45, 2.75) is 12.8 Å². The second kappa shape index (κ2) is 4.25. The van der Waals surface area contributed by atoms with Crippen molar-refractivity contribution in [3.63, 3.8) is 0 Å². The zero-order valence-corrected chi connectivity index (χ0v) is 9.65. The van der Waals surface area contributed by atoms with Crippen LogP contribution in [-0.4, -0.2) is 23.5 Å². The first kappa shape index (κ1) is 11.1. The van der Waals surface area contributed by atoms with Gasteiger partial charge in [-0.25, -0.2) is 4.98 Å². The lowest BCUT2D eigenvalue weighted by atomic mass is 10.3. The lowest BCUT2D eigenvalue weighted by molar-refractivity contribution is -0.384. The number of rotatable bonds is 4. The molecule has 0 radical (unpaired) electrons. The fourth-order valence-electron chi connectivity index (χ4n) is 1.62. The summed E-state index contributed by atoms with van der Waals surface area (Å²) in [4.78, 5) is 16.2. The lowest BCUT2D eigenvalue weighted by Crippen LogP contribution is -2.22. The highest BCUT2D eigenvalue weighted by Gasteiger charge is 2.26. The summed E-state index contributed by atoms with van der Waals surface area (Å²) in [5, 5.41) is 11.1. The van der Waals surface area contributed by atoms with E-state index in [0.717, 1.165) is 6.54 Å². The first-order valence-electron chi connectivity index (χ1n) is 5.10. The molecule has 0 aromatic carbocycles. The van der Waals surface area contributed by atoms with Gasteiger partial charge in [-0.15, -0.1) is 0 Å². The smallest absolute Gasteiger partial charge is 0.311 e. The van der Waals surface area contributed by atoms with Crippen LogP contribution in [0.2, 0.25) is 5.15 Å². The molecule has 0 aliphatic heterocycles. The van der Waals surface area contributed by atoms with Gasteiger partial charge >= 0.3 is 5.69 Å². The van der Waals surface area contributed by atoms with E-state index in [1.165, 1.54) is 25.0 Å². The highest BCUT2D eigenvalue weighted by Crippen LogP contribution is 2.33. The number of nitro groups is 1. The Hall–Kier alpha value is -1.36. The van der Waals surface area contributed by atoms with Crippen LogP contribution in [0, 0.1) is 16.0 Å². The molecule has 1 saturated carbocycles. The number of aromatic nitrogens is 1. The van der Waals surface area contributed by atoms with Crippen molar-refractivity contribution in [2.24, 2.45) is 5.92 Å². The van der Waals surface area contributed by atoms with Crippen LogP contribution in [0.25, 0.3) is 0 Å². The highest BCUT2D eigenvalue weighted by atomic mass is 35.5. The summed E-state index contributed by atoms with van der Waals surface area (Å²) in [7, 11) is 1.81. The van der Waals surface area contributed by atoms with Gasteiger partial charge in [0.2, 0.25) is 5.82 Å². The molecule has 0 atom stereocenters. The van der Waals surface area contributed by atoms with E-state index in [9.17, 15) is 10.1 Å². The van der Waals surface area contributed by atoms with Gasteiger partial charge in [-0.1, -0.05) is 11.6 Å². The van der Waals surface area contributed by atoms with Crippen molar-refractivity contribution in [3.8, 4) is 0 Å². The Bertz CT molecular complexity index is 421. The molecule has 0 N–H and O–H groups in total. The number of nitrogens with zero attached hydrogens (tertiary/aromatic N) is 3. The average Bonchev–Trinajstić information content (AvgIpc) is 3.01. The van der Waals surface area contributed by atoms with Gasteiger partial charge in [0.15, 0.2) is 0 Å². The quantitative estimate of drug-likeness (QED) is 0.462. The summed E-state index contributed by atoms with van der Waals surface area (Å²) in [5.41, 5.74) is 0.00699. The van der Waals surface area contributed by atoms with Gasteiger partial charge in [0.1, 0.15) is 5.15 Å². The molecular formula is C10H12ClN3O2. The number of pyridine rings is 1. The third kappa shape index (κ3) is 2.41. The molecule has 0 amide bonds. The maximum absolute atomic E-state index is 10.8. The van der Waals surface area contributed by atoms with Crippen molar-refractivity contribution in [2.75, 3.05) is 18.5 Å². The van der Waals surface area contributed by atoms with Crippen LogP contribution < -0.4 is 4.90 Å². The molecule has 16 heavy (non-hydrogen) atoms. The molecule has 1 aromatic rings. The second-order valence-corrected chi connectivity index (χ2v) is 4.44. The van der Waals surface area contributed by atoms with E-state index in [2.05, 4.69) is 4.98 Å². The molecule has 0 unspecified atom stereocenters. The molecule has 0 saturated heterocycles. The van der Waals surface area contributed by atoms with Gasteiger partial charge in [0.25, 0.3) is 0 Å². The van der Waals surface area contributed by atoms with E-state index in [4.69, 9.17) is 11.6 Å². The van der Waals surface area contributed by atoms with Crippen LogP contribution in [0.1, 0.15) is 12.8 Å². The molecule has 2 rings (SSSR count). The Kier molecular flexibility index (Phi) is 2.96. The predicted octanol–water partition coefficient (Wildman–Crippen LogP) is 2.49. The third-order valence-corrected chi connectivity index (χ3v) is 2.82. The van der Waals surface area contributed by atoms with E-state index >= 15 is 0 Å². The fraction of sp³-hybridized carbons (Fsp3) is 0.500. The Labute approximate surface area is 98.2 Å². The molecule has 1 fully saturated rings. The molecule has 86 valence electrons. The van der Waals surface area contributed by atoms with Gasteiger partial charge in [0, 0.05) is 19.7 Å². The molecule has 1 heterocycles. The minimum Gasteiger partial charge on any atom is -0.354 e. The van der Waals surface area contributed by atoms with E-state index < -0.39 is 4.92 Å². The predicted molar refractivity (Wildman–Crippen MR) is 61.9 cm³/mol. The summed E-state index contributed by atoms with van der Waals surface area (Å²) in [6, 6.07) is 2.84. The molecule has 5 nitrogen and oxygen atoms in total. The summed E-state index contributed by atoms with van der Waals surface area (Å²) < 4.78 is 0. The van der Waals surface area contributed by atoms with Crippen molar-refractivity contribution >= 4 is 23.1 Å². The zero-order valence-electron chi connectivity index (χ0n) is 8.89. The standard InChI is InChI=1S/C10H12ClN3O2/c1-13(6-7-2-3-7)10-8(14(15)16)4-5-9(11)12-10/h4-5,7H,2-3,6H2,1H3. The first-order chi connectivity index (χ1) is 7.58. The number of hydrogen-bond donors (Lipinski definition) is 0. The normalized spacial score (nSPS) is 14.9. The van der Waals surface area contributed by atoms with E-state index in [-0.39, 0.29) is 10.8 Å². The van der Waals surface area contributed by atoms with Crippen LogP contribution in [-0.2, 0) is 0 Å². The summed E-state index contributed by atoms with van der Waals surface area (Å²) in [6.07, 6.45) is 2.39. The molecule has 6 heteroatoms. The van der Waals surface area contributed by atoms with Crippen molar-refractivity contribution in [1.82, 2.24) is 4.98 Å². The monoisotopic (exact) mass is 241 g/mol. The maximum Gasteiger partial charge on any atom is 0.311 e. The lowest BCUT2D eigenvalue weighted by Gasteiger charge is -2.17. The molecule has 0 bridgehead atoms. The zero-order chi connectivity index (χ0) is 11.7.